The molecular weight excluding hydrogens is 260 g/mol. The van der Waals surface area contributed by atoms with E-state index in [9.17, 15) is 5.11 Å². The average molecular weight is 276 g/mol. The SMILES string of the molecule is Oc1ccc(-c2ccccc2)c(OCc2ccccc2)c1. The predicted molar refractivity (Wildman–Crippen MR) is 84.3 cm³/mol. The van der Waals surface area contributed by atoms with E-state index in [-0.39, 0.29) is 5.75 Å². The van der Waals surface area contributed by atoms with E-state index in [2.05, 4.69) is 0 Å². The Hall–Kier alpha value is -2.74. The minimum atomic E-state index is 0.206. The van der Waals surface area contributed by atoms with Crippen molar-refractivity contribution < 1.29 is 9.84 Å². The second kappa shape index (κ2) is 6.14. The zero-order chi connectivity index (χ0) is 14.5. The van der Waals surface area contributed by atoms with Gasteiger partial charge in [0.05, 0.1) is 0 Å². The third kappa shape index (κ3) is 3.23. The monoisotopic (exact) mass is 276 g/mol. The molecule has 2 nitrogen and oxygen atoms in total. The van der Waals surface area contributed by atoms with Gasteiger partial charge in [-0.2, -0.15) is 0 Å². The van der Waals surface area contributed by atoms with E-state index in [4.69, 9.17) is 4.74 Å². The highest BCUT2D eigenvalue weighted by Crippen LogP contribution is 2.33. The van der Waals surface area contributed by atoms with Crippen molar-refractivity contribution in [3.63, 3.8) is 0 Å². The number of hydrogen-bond acceptors (Lipinski definition) is 2. The highest BCUT2D eigenvalue weighted by Gasteiger charge is 2.07. The van der Waals surface area contributed by atoms with Crippen molar-refractivity contribution in [1.29, 1.82) is 0 Å². The molecule has 3 aromatic rings. The molecule has 104 valence electrons. The third-order valence-corrected chi connectivity index (χ3v) is 3.29. The first-order chi connectivity index (χ1) is 10.3. The van der Waals surface area contributed by atoms with Crippen LogP contribution < -0.4 is 4.74 Å². The van der Waals surface area contributed by atoms with Gasteiger partial charge in [0.25, 0.3) is 0 Å². The summed E-state index contributed by atoms with van der Waals surface area (Å²) in [7, 11) is 0. The van der Waals surface area contributed by atoms with Crippen molar-refractivity contribution in [3.05, 3.63) is 84.4 Å². The number of hydrogen-bond donors (Lipinski definition) is 1. The third-order valence-electron chi connectivity index (χ3n) is 3.29. The zero-order valence-corrected chi connectivity index (χ0v) is 11.6. The van der Waals surface area contributed by atoms with Crippen LogP contribution in [0.5, 0.6) is 11.5 Å². The van der Waals surface area contributed by atoms with Gasteiger partial charge in [-0.25, -0.2) is 0 Å². The number of phenols is 1. The zero-order valence-electron chi connectivity index (χ0n) is 11.6. The van der Waals surface area contributed by atoms with Crippen LogP contribution in [0.2, 0.25) is 0 Å². The number of ether oxygens (including phenoxy) is 1. The van der Waals surface area contributed by atoms with Gasteiger partial charge in [0, 0.05) is 11.6 Å². The van der Waals surface area contributed by atoms with Gasteiger partial charge >= 0.3 is 0 Å². The molecule has 0 unspecified atom stereocenters. The van der Waals surface area contributed by atoms with Crippen molar-refractivity contribution in [2.24, 2.45) is 0 Å². The molecule has 3 rings (SSSR count). The van der Waals surface area contributed by atoms with Crippen LogP contribution in [-0.2, 0) is 6.61 Å². The fourth-order valence-electron chi connectivity index (χ4n) is 2.22. The smallest absolute Gasteiger partial charge is 0.131 e. The average Bonchev–Trinajstić information content (AvgIpc) is 2.55. The van der Waals surface area contributed by atoms with Crippen LogP contribution in [0.15, 0.2) is 78.9 Å². The van der Waals surface area contributed by atoms with Gasteiger partial charge in [0.1, 0.15) is 18.1 Å². The van der Waals surface area contributed by atoms with Crippen LogP contribution in [0, 0.1) is 0 Å². The molecule has 0 radical (unpaired) electrons. The van der Waals surface area contributed by atoms with Crippen LogP contribution in [0.3, 0.4) is 0 Å². The Kier molecular flexibility index (Phi) is 3.88. The van der Waals surface area contributed by atoms with Crippen molar-refractivity contribution in [3.8, 4) is 22.6 Å². The van der Waals surface area contributed by atoms with E-state index in [1.807, 2.05) is 66.7 Å². The fraction of sp³-hybridized carbons (Fsp3) is 0.0526. The quantitative estimate of drug-likeness (QED) is 0.752. The first kappa shape index (κ1) is 13.3. The lowest BCUT2D eigenvalue weighted by Crippen LogP contribution is -1.96. The molecule has 0 aromatic heterocycles. The highest BCUT2D eigenvalue weighted by molar-refractivity contribution is 5.71. The molecule has 0 saturated heterocycles. The Bertz CT molecular complexity index is 706. The van der Waals surface area contributed by atoms with E-state index >= 15 is 0 Å². The molecule has 0 amide bonds. The number of aromatic hydroxyl groups is 1. The molecule has 0 fully saturated rings. The summed E-state index contributed by atoms with van der Waals surface area (Å²) in [4.78, 5) is 0. The van der Waals surface area contributed by atoms with Crippen molar-refractivity contribution in [1.82, 2.24) is 0 Å². The maximum absolute atomic E-state index is 9.70. The number of phenolic OH excluding ortho intramolecular Hbond substituents is 1. The van der Waals surface area contributed by atoms with Gasteiger partial charge in [-0.15, -0.1) is 0 Å². The van der Waals surface area contributed by atoms with E-state index in [0.717, 1.165) is 16.7 Å². The topological polar surface area (TPSA) is 29.5 Å². The Morgan fingerprint density at radius 2 is 1.43 bits per heavy atom. The second-order valence-electron chi connectivity index (χ2n) is 4.82. The molecule has 0 aliphatic rings. The van der Waals surface area contributed by atoms with E-state index in [0.29, 0.717) is 12.4 Å². The molecule has 0 heterocycles. The molecule has 0 aliphatic heterocycles. The summed E-state index contributed by atoms with van der Waals surface area (Å²) in [5.74, 6) is 0.891. The maximum atomic E-state index is 9.70. The Balaban J connectivity index is 1.89. The van der Waals surface area contributed by atoms with Crippen molar-refractivity contribution in [2.45, 2.75) is 6.61 Å². The molecule has 0 bridgehead atoms. The molecule has 0 saturated carbocycles. The number of rotatable bonds is 4. The van der Waals surface area contributed by atoms with E-state index < -0.39 is 0 Å². The van der Waals surface area contributed by atoms with Gasteiger partial charge in [0.15, 0.2) is 0 Å². The minimum absolute atomic E-state index is 0.206. The summed E-state index contributed by atoms with van der Waals surface area (Å²) < 4.78 is 5.90. The summed E-state index contributed by atoms with van der Waals surface area (Å²) in [6.45, 7) is 0.476. The molecule has 2 heteroatoms. The Morgan fingerprint density at radius 1 is 0.762 bits per heavy atom. The summed E-state index contributed by atoms with van der Waals surface area (Å²) in [5.41, 5.74) is 3.14. The van der Waals surface area contributed by atoms with Gasteiger partial charge < -0.3 is 9.84 Å². The van der Waals surface area contributed by atoms with Gasteiger partial charge in [-0.1, -0.05) is 60.7 Å². The molecule has 0 atom stereocenters. The molecule has 0 aliphatic carbocycles. The summed E-state index contributed by atoms with van der Waals surface area (Å²) in [6.07, 6.45) is 0. The van der Waals surface area contributed by atoms with E-state index in [1.165, 1.54) is 0 Å². The van der Waals surface area contributed by atoms with Crippen molar-refractivity contribution >= 4 is 0 Å². The lowest BCUT2D eigenvalue weighted by atomic mass is 10.0. The van der Waals surface area contributed by atoms with Gasteiger partial charge in [-0.3, -0.25) is 0 Å². The van der Waals surface area contributed by atoms with Crippen LogP contribution in [0.4, 0.5) is 0 Å². The van der Waals surface area contributed by atoms with Gasteiger partial charge in [-0.05, 0) is 23.3 Å². The van der Waals surface area contributed by atoms with Crippen LogP contribution in [0.25, 0.3) is 11.1 Å². The summed E-state index contributed by atoms with van der Waals surface area (Å²) in [6, 6.07) is 25.2. The van der Waals surface area contributed by atoms with Gasteiger partial charge in [0.2, 0.25) is 0 Å². The van der Waals surface area contributed by atoms with Crippen molar-refractivity contribution in [2.75, 3.05) is 0 Å². The minimum Gasteiger partial charge on any atom is -0.508 e. The molecular formula is C19H16O2. The predicted octanol–water partition coefficient (Wildman–Crippen LogP) is 4.64. The Morgan fingerprint density at radius 3 is 2.14 bits per heavy atom. The first-order valence-corrected chi connectivity index (χ1v) is 6.88. The lowest BCUT2D eigenvalue weighted by molar-refractivity contribution is 0.305. The highest BCUT2D eigenvalue weighted by atomic mass is 16.5. The first-order valence-electron chi connectivity index (χ1n) is 6.88. The Labute approximate surface area is 124 Å². The normalized spacial score (nSPS) is 10.3. The molecule has 21 heavy (non-hydrogen) atoms. The van der Waals surface area contributed by atoms with Crippen LogP contribution >= 0.6 is 0 Å². The summed E-state index contributed by atoms with van der Waals surface area (Å²) in [5, 5.41) is 9.70. The molecule has 0 spiro atoms. The standard InChI is InChI=1S/C19H16O2/c20-17-11-12-18(16-9-5-2-6-10-16)19(13-17)21-14-15-7-3-1-4-8-15/h1-13,20H,14H2. The number of benzene rings is 3. The maximum Gasteiger partial charge on any atom is 0.131 e. The summed E-state index contributed by atoms with van der Waals surface area (Å²) >= 11 is 0. The van der Waals surface area contributed by atoms with Crippen LogP contribution in [0.1, 0.15) is 5.56 Å². The van der Waals surface area contributed by atoms with E-state index in [1.54, 1.807) is 12.1 Å². The second-order valence-corrected chi connectivity index (χ2v) is 4.82. The largest absolute Gasteiger partial charge is 0.508 e. The molecule has 3 aromatic carbocycles. The van der Waals surface area contributed by atoms with Crippen LogP contribution in [-0.4, -0.2) is 5.11 Å². The lowest BCUT2D eigenvalue weighted by Gasteiger charge is -2.12. The fourth-order valence-corrected chi connectivity index (χ4v) is 2.22. The molecule has 1 N–H and O–H groups in total.